The molecule has 406 valence electrons. The van der Waals surface area contributed by atoms with Gasteiger partial charge in [0.25, 0.3) is 0 Å². The minimum Gasteiger partial charge on any atom is -0.481 e. The molecule has 0 aromatic heterocycles. The molecule has 0 bridgehead atoms. The molecule has 0 amide bonds. The number of nitrogens with zero attached hydrogens (tertiary/aromatic N) is 2. The number of rotatable bonds is 31. The van der Waals surface area contributed by atoms with E-state index in [1.165, 1.54) is 96.6 Å². The van der Waals surface area contributed by atoms with Crippen molar-refractivity contribution in [2.75, 3.05) is 26.7 Å². The molecule has 0 radical (unpaired) electrons. The van der Waals surface area contributed by atoms with E-state index < -0.39 is 5.97 Å². The molecule has 7 atom stereocenters. The van der Waals surface area contributed by atoms with E-state index >= 15 is 0 Å². The first-order chi connectivity index (χ1) is 31.5. The normalized spacial score (nSPS) is 24.3. The van der Waals surface area contributed by atoms with E-state index in [1.807, 2.05) is 0 Å². The number of unbranched alkanes of at least 4 members (excludes halogenated alkanes) is 3. The molecule has 7 unspecified atom stereocenters. The summed E-state index contributed by atoms with van der Waals surface area (Å²) in [5, 5.41) is 11.2. The van der Waals surface area contributed by atoms with Gasteiger partial charge in [-0.1, -0.05) is 165 Å². The van der Waals surface area contributed by atoms with Gasteiger partial charge in [0.15, 0.2) is 0 Å². The van der Waals surface area contributed by atoms with Crippen LogP contribution in [0.4, 0.5) is 0 Å². The Morgan fingerprint density at radius 2 is 0.913 bits per heavy atom. The lowest BCUT2D eigenvalue weighted by Crippen LogP contribution is -2.56. The largest absolute Gasteiger partial charge is 0.481 e. The van der Waals surface area contributed by atoms with Crippen LogP contribution in [0.15, 0.2) is 0 Å². The number of fused-ring (bicyclic) bond motifs is 2. The maximum Gasteiger partial charge on any atom is 0.310 e. The van der Waals surface area contributed by atoms with E-state index in [9.17, 15) is 9.90 Å². The predicted molar refractivity (Wildman–Crippen MR) is 301 cm³/mol. The third-order valence-electron chi connectivity index (χ3n) is 18.3. The summed E-state index contributed by atoms with van der Waals surface area (Å²) in [6.45, 7) is 55.2. The minimum atomic E-state index is -0.587. The molecule has 3 fully saturated rings. The van der Waals surface area contributed by atoms with Crippen molar-refractivity contribution in [3.05, 3.63) is 5.92 Å². The van der Waals surface area contributed by atoms with Crippen molar-refractivity contribution in [3.63, 3.8) is 0 Å². The molecule has 0 aromatic rings. The first-order valence-corrected chi connectivity index (χ1v) is 29.6. The fourth-order valence-corrected chi connectivity index (χ4v) is 17.5. The van der Waals surface area contributed by atoms with Gasteiger partial charge in [0, 0.05) is 12.1 Å². The number of carbonyl (C=O) groups is 1. The van der Waals surface area contributed by atoms with Crippen molar-refractivity contribution >= 4 is 5.97 Å². The van der Waals surface area contributed by atoms with Gasteiger partial charge < -0.3 is 19.6 Å². The number of ether oxygens (including phenoxy) is 1. The fraction of sp³-hybridized carbons (Fsp3) is 0.969. The Kier molecular flexibility index (Phi) is 22.8. The lowest BCUT2D eigenvalue weighted by Gasteiger charge is -2.50. The summed E-state index contributed by atoms with van der Waals surface area (Å²) in [4.78, 5) is 19.0. The first-order valence-electron chi connectivity index (χ1n) is 29.6. The van der Waals surface area contributed by atoms with Crippen LogP contribution in [-0.2, 0) is 9.53 Å². The second-order valence-electron chi connectivity index (χ2n) is 31.5. The van der Waals surface area contributed by atoms with Crippen molar-refractivity contribution in [3.8, 4) is 0 Å². The third-order valence-corrected chi connectivity index (χ3v) is 18.3. The average molecular weight is 969 g/mol. The smallest absolute Gasteiger partial charge is 0.310 e. The highest BCUT2D eigenvalue weighted by Crippen LogP contribution is 2.56. The summed E-state index contributed by atoms with van der Waals surface area (Å²) < 4.78 is 7.35. The van der Waals surface area contributed by atoms with Gasteiger partial charge in [-0.3, -0.25) is 4.79 Å². The second kappa shape index (κ2) is 25.2. The molecule has 0 aromatic carbocycles. The van der Waals surface area contributed by atoms with Crippen molar-refractivity contribution in [2.24, 2.45) is 67.0 Å². The van der Waals surface area contributed by atoms with Crippen LogP contribution in [0.25, 0.3) is 0 Å². The standard InChI is InChI=1S/C64H122N2O3/c1-23-26-33-65(22)49-29-31-51-53(52-32-30-50(38-55(52)69-54(51)37-49)66(34-27-24-2)35-28-25-3)36-48(56(67)68)39-57(6,7)40-58(8,9)41-59(10,11)42-60(12,13)43-61(14,15)44-62(16,17)45-63(18,19)46-64(20,21)47(4)5/h47-52,54-55H,23-46H2,1-22H3/p+1. The molecular weight excluding hydrogens is 845 g/mol. The van der Waals surface area contributed by atoms with Gasteiger partial charge >= 0.3 is 5.97 Å². The van der Waals surface area contributed by atoms with Crippen LogP contribution >= 0.6 is 0 Å². The van der Waals surface area contributed by atoms with Crippen molar-refractivity contribution < 1.29 is 14.6 Å². The number of carboxylic acids is 1. The number of hydrogen-bond acceptors (Lipinski definition) is 4. The summed E-state index contributed by atoms with van der Waals surface area (Å²) in [7, 11) is 2.33. The SMILES string of the molecule is CCCCN(C)C1CCC2[C+](CC(CC(C)(C)CC(C)(C)CC(C)(C)CC(C)(C)CC(C)(C)CC(C)(C)CC(C)(C)CC(C)(C)C(C)C)C(=O)O)C3CCC(N(CCCC)CCCC)CC3OC2C1. The van der Waals surface area contributed by atoms with Gasteiger partial charge in [-0.25, -0.2) is 0 Å². The number of carboxylic acid groups (broad SMARTS) is 1. The van der Waals surface area contributed by atoms with E-state index in [1.54, 1.807) is 5.92 Å². The zero-order chi connectivity index (χ0) is 52.6. The summed E-state index contributed by atoms with van der Waals surface area (Å²) in [6.07, 6.45) is 24.6. The Labute approximate surface area is 432 Å². The summed E-state index contributed by atoms with van der Waals surface area (Å²) >= 11 is 0. The fourth-order valence-electron chi connectivity index (χ4n) is 17.5. The highest BCUT2D eigenvalue weighted by molar-refractivity contribution is 5.70. The Morgan fingerprint density at radius 3 is 1.30 bits per heavy atom. The number of hydrogen-bond donors (Lipinski definition) is 1. The topological polar surface area (TPSA) is 53.0 Å². The van der Waals surface area contributed by atoms with Crippen LogP contribution in [0.5, 0.6) is 0 Å². The Morgan fingerprint density at radius 1 is 0.551 bits per heavy atom. The zero-order valence-corrected chi connectivity index (χ0v) is 50.7. The van der Waals surface area contributed by atoms with Gasteiger partial charge in [0.2, 0.25) is 0 Å². The molecule has 2 saturated carbocycles. The van der Waals surface area contributed by atoms with Crippen molar-refractivity contribution in [1.82, 2.24) is 9.80 Å². The lowest BCUT2D eigenvalue weighted by molar-refractivity contribution is -0.154. The monoisotopic (exact) mass is 968 g/mol. The summed E-state index contributed by atoms with van der Waals surface area (Å²) in [5.41, 5.74) is 1.53. The van der Waals surface area contributed by atoms with Gasteiger partial charge in [0.1, 0.15) is 36.4 Å². The maximum atomic E-state index is 13.6. The van der Waals surface area contributed by atoms with Crippen LogP contribution in [0.3, 0.4) is 0 Å². The maximum absolute atomic E-state index is 13.6. The third kappa shape index (κ3) is 20.5. The van der Waals surface area contributed by atoms with Gasteiger partial charge in [-0.05, 0) is 185 Å². The molecule has 3 rings (SSSR count). The predicted octanol–water partition coefficient (Wildman–Crippen LogP) is 18.4. The first kappa shape index (κ1) is 62.5. The van der Waals surface area contributed by atoms with Crippen molar-refractivity contribution in [1.29, 1.82) is 0 Å². The van der Waals surface area contributed by atoms with Crippen molar-refractivity contribution in [2.45, 2.75) is 305 Å². The van der Waals surface area contributed by atoms with Crippen LogP contribution in [0.2, 0.25) is 0 Å². The Balaban J connectivity index is 1.75. The molecule has 3 aliphatic rings. The van der Waals surface area contributed by atoms with Gasteiger partial charge in [-0.2, -0.15) is 0 Å². The van der Waals surface area contributed by atoms with Gasteiger partial charge in [0.05, 0.1) is 5.92 Å². The molecule has 5 nitrogen and oxygen atoms in total. The molecule has 2 aliphatic carbocycles. The van der Waals surface area contributed by atoms with E-state index in [0.29, 0.717) is 40.7 Å². The van der Waals surface area contributed by atoms with Crippen LogP contribution < -0.4 is 0 Å². The van der Waals surface area contributed by atoms with E-state index in [0.717, 1.165) is 57.9 Å². The summed E-state index contributed by atoms with van der Waals surface area (Å²) in [5.74, 6) is 2.12. The van der Waals surface area contributed by atoms with Crippen LogP contribution in [-0.4, -0.2) is 71.8 Å². The summed E-state index contributed by atoms with van der Waals surface area (Å²) in [6, 6.07) is 1.13. The number of aliphatic carboxylic acids is 1. The zero-order valence-electron chi connectivity index (χ0n) is 50.7. The molecular formula is C64H123N2O3+. The molecule has 1 saturated heterocycles. The lowest BCUT2D eigenvalue weighted by atomic mass is 9.58. The van der Waals surface area contributed by atoms with Gasteiger partial charge in [-0.15, -0.1) is 0 Å². The minimum absolute atomic E-state index is 0.0863. The molecule has 1 heterocycles. The molecule has 69 heavy (non-hydrogen) atoms. The van der Waals surface area contributed by atoms with E-state index in [-0.39, 0.29) is 50.6 Å². The Bertz CT molecular complexity index is 1510. The second-order valence-corrected chi connectivity index (χ2v) is 31.5. The van der Waals surface area contributed by atoms with E-state index in [2.05, 4.69) is 162 Å². The van der Waals surface area contributed by atoms with Crippen LogP contribution in [0, 0.1) is 72.9 Å². The van der Waals surface area contributed by atoms with Crippen LogP contribution in [0.1, 0.15) is 280 Å². The van der Waals surface area contributed by atoms with E-state index in [4.69, 9.17) is 4.74 Å². The molecule has 5 heteroatoms. The molecule has 0 spiro atoms. The average Bonchev–Trinajstić information content (AvgIpc) is 3.15. The molecule has 1 aliphatic heterocycles. The Hall–Kier alpha value is -0.780. The highest BCUT2D eigenvalue weighted by atomic mass is 16.5. The molecule has 1 N–H and O–H groups in total. The highest BCUT2D eigenvalue weighted by Gasteiger charge is 2.58. The quantitative estimate of drug-likeness (QED) is 0.0702.